The zero-order chi connectivity index (χ0) is 35.3. The number of amides is 3. The van der Waals surface area contributed by atoms with E-state index >= 15 is 0 Å². The number of hydrogen-bond acceptors (Lipinski definition) is 11. The van der Waals surface area contributed by atoms with E-state index < -0.39 is 58.7 Å². The smallest absolute Gasteiger partial charge is 0.408 e. The van der Waals surface area contributed by atoms with Gasteiger partial charge in [0.1, 0.15) is 27.7 Å². The molecule has 5 atom stereocenters. The molecule has 1 aliphatic carbocycles. The first-order valence-corrected chi connectivity index (χ1v) is 18.1. The largest absolute Gasteiger partial charge is 0.464 e. The standard InChI is InChI=1S/C33H42BrN7O7S/c1-5-47-29(45)33-17-20(33)12-9-7-6-8-10-13-22(38-31(46)48-32(2,3)4)27(43)40-19-21(16-23(40)26(42)39-33)41-28(44)25(34)24(18-37-41)49-30-35-14-11-15-36-30/h9,11-12,14-15,18,20-23H,5-8,10,13,16-17,19H2,1-4H3,(H,38,46)(H,39,42)/b12-9-/t20?,21-,22+,23+,33-/m1/s1. The third-order valence-corrected chi connectivity index (χ3v) is 10.5. The van der Waals surface area contributed by atoms with Gasteiger partial charge in [0.25, 0.3) is 5.56 Å². The average Bonchev–Trinajstić information content (AvgIpc) is 3.56. The third-order valence-electron chi connectivity index (χ3n) is 8.59. The van der Waals surface area contributed by atoms with E-state index in [1.807, 2.05) is 12.2 Å². The minimum Gasteiger partial charge on any atom is -0.464 e. The second-order valence-electron chi connectivity index (χ2n) is 13.4. The lowest BCUT2D eigenvalue weighted by atomic mass is 10.0. The van der Waals surface area contributed by atoms with Crippen molar-refractivity contribution in [2.75, 3.05) is 13.2 Å². The number of rotatable bonds is 6. The molecule has 16 heteroatoms. The fourth-order valence-electron chi connectivity index (χ4n) is 6.15. The number of fused-ring (bicyclic) bond motifs is 2. The maximum absolute atomic E-state index is 14.3. The summed E-state index contributed by atoms with van der Waals surface area (Å²) in [4.78, 5) is 78.5. The van der Waals surface area contributed by atoms with Crippen LogP contribution < -0.4 is 16.2 Å². The van der Waals surface area contributed by atoms with Crippen LogP contribution in [0.1, 0.15) is 78.7 Å². The van der Waals surface area contributed by atoms with Crippen molar-refractivity contribution in [3.63, 3.8) is 0 Å². The number of halogens is 1. The van der Waals surface area contributed by atoms with Gasteiger partial charge in [0.15, 0.2) is 5.16 Å². The van der Waals surface area contributed by atoms with Crippen molar-refractivity contribution in [2.24, 2.45) is 5.92 Å². The highest BCUT2D eigenvalue weighted by atomic mass is 79.9. The molecule has 1 saturated heterocycles. The third kappa shape index (κ3) is 8.69. The highest BCUT2D eigenvalue weighted by Gasteiger charge is 2.62. The van der Waals surface area contributed by atoms with Gasteiger partial charge in [0, 0.05) is 31.3 Å². The Morgan fingerprint density at radius 3 is 2.63 bits per heavy atom. The fourth-order valence-corrected chi connectivity index (χ4v) is 7.38. The van der Waals surface area contributed by atoms with Crippen LogP contribution in [-0.4, -0.2) is 84.9 Å². The summed E-state index contributed by atoms with van der Waals surface area (Å²) in [5.41, 5.74) is -2.50. The number of carbonyl (C=O) groups excluding carboxylic acids is 4. The molecule has 0 radical (unpaired) electrons. The quantitative estimate of drug-likeness (QED) is 0.248. The second kappa shape index (κ2) is 15.4. The van der Waals surface area contributed by atoms with Crippen molar-refractivity contribution in [2.45, 2.75) is 112 Å². The first-order valence-electron chi connectivity index (χ1n) is 16.5. The van der Waals surface area contributed by atoms with Gasteiger partial charge in [0.05, 0.1) is 23.7 Å². The van der Waals surface area contributed by atoms with E-state index in [0.717, 1.165) is 19.3 Å². The summed E-state index contributed by atoms with van der Waals surface area (Å²) in [5, 5.41) is 10.5. The molecule has 2 N–H and O–H groups in total. The molecule has 1 saturated carbocycles. The summed E-state index contributed by atoms with van der Waals surface area (Å²) in [5.74, 6) is -1.82. The molecule has 3 aliphatic rings. The van der Waals surface area contributed by atoms with Gasteiger partial charge in [-0.15, -0.1) is 0 Å². The van der Waals surface area contributed by atoms with Gasteiger partial charge in [-0.3, -0.25) is 14.4 Å². The molecule has 14 nitrogen and oxygen atoms in total. The summed E-state index contributed by atoms with van der Waals surface area (Å²) in [6.45, 7) is 7.01. The summed E-state index contributed by atoms with van der Waals surface area (Å²) < 4.78 is 12.3. The van der Waals surface area contributed by atoms with Gasteiger partial charge in [-0.2, -0.15) is 5.10 Å². The Kier molecular flexibility index (Phi) is 11.5. The number of carbonyl (C=O) groups is 4. The predicted octanol–water partition coefficient (Wildman–Crippen LogP) is 3.94. The molecule has 264 valence electrons. The Bertz CT molecular complexity index is 1650. The van der Waals surface area contributed by atoms with E-state index in [1.165, 1.54) is 27.5 Å². The number of esters is 1. The van der Waals surface area contributed by atoms with Gasteiger partial charge >= 0.3 is 12.1 Å². The number of aromatic nitrogens is 4. The van der Waals surface area contributed by atoms with Crippen molar-refractivity contribution in [3.8, 4) is 0 Å². The summed E-state index contributed by atoms with van der Waals surface area (Å²) >= 11 is 4.57. The lowest BCUT2D eigenvalue weighted by Gasteiger charge is -2.30. The Hall–Kier alpha value is -3.79. The van der Waals surface area contributed by atoms with E-state index in [1.54, 1.807) is 46.2 Å². The number of nitrogens with zero attached hydrogens (tertiary/aromatic N) is 5. The minimum absolute atomic E-state index is 0.0349. The molecule has 5 rings (SSSR count). The predicted molar refractivity (Wildman–Crippen MR) is 183 cm³/mol. The Morgan fingerprint density at radius 1 is 1.16 bits per heavy atom. The molecule has 49 heavy (non-hydrogen) atoms. The van der Waals surface area contributed by atoms with Crippen LogP contribution in [0.25, 0.3) is 0 Å². The van der Waals surface area contributed by atoms with Crippen molar-refractivity contribution >= 4 is 51.6 Å². The van der Waals surface area contributed by atoms with Crippen molar-refractivity contribution in [3.05, 3.63) is 51.6 Å². The lowest BCUT2D eigenvalue weighted by molar-refractivity contribution is -0.150. The maximum atomic E-state index is 14.3. The van der Waals surface area contributed by atoms with E-state index in [4.69, 9.17) is 9.47 Å². The SMILES string of the molecule is CCOC(=O)[C@@]12CC1/C=C\CCCCC[C@H](NC(=O)OC(C)(C)C)C(=O)N1C[C@H](n3ncc(Sc4ncccn4)c(Br)c3=O)C[C@H]1C(=O)N2. The van der Waals surface area contributed by atoms with Crippen LogP contribution in [-0.2, 0) is 23.9 Å². The molecule has 0 bridgehead atoms. The summed E-state index contributed by atoms with van der Waals surface area (Å²) in [6, 6.07) is -1.06. The number of allylic oxidation sites excluding steroid dienone is 1. The number of alkyl carbamates (subject to hydrolysis) is 1. The number of hydrogen-bond donors (Lipinski definition) is 2. The Labute approximate surface area is 297 Å². The van der Waals surface area contributed by atoms with E-state index in [0.29, 0.717) is 29.3 Å². The molecule has 4 heterocycles. The van der Waals surface area contributed by atoms with Gasteiger partial charge in [0.2, 0.25) is 11.8 Å². The normalized spacial score (nSPS) is 26.7. The lowest BCUT2D eigenvalue weighted by Crippen LogP contribution is -2.56. The average molecular weight is 761 g/mol. The van der Waals surface area contributed by atoms with Gasteiger partial charge < -0.3 is 25.0 Å². The molecule has 3 amide bonds. The van der Waals surface area contributed by atoms with E-state index in [9.17, 15) is 24.0 Å². The molecule has 2 fully saturated rings. The molecule has 2 aromatic rings. The monoisotopic (exact) mass is 759 g/mol. The fraction of sp³-hybridized carbons (Fsp3) is 0.576. The van der Waals surface area contributed by atoms with E-state index in [2.05, 4.69) is 41.6 Å². The molecule has 0 aromatic carbocycles. The molecule has 0 spiro atoms. The van der Waals surface area contributed by atoms with Crippen molar-refractivity contribution in [1.82, 2.24) is 35.3 Å². The van der Waals surface area contributed by atoms with Crippen molar-refractivity contribution in [1.29, 1.82) is 0 Å². The number of ether oxygens (including phenoxy) is 2. The molecular weight excluding hydrogens is 718 g/mol. The molecule has 1 unspecified atom stereocenters. The van der Waals surface area contributed by atoms with Gasteiger partial charge in [-0.1, -0.05) is 25.0 Å². The van der Waals surface area contributed by atoms with Crippen LogP contribution in [0.4, 0.5) is 4.79 Å². The van der Waals surface area contributed by atoms with Gasteiger partial charge in [-0.25, -0.2) is 24.2 Å². The zero-order valence-electron chi connectivity index (χ0n) is 28.0. The van der Waals surface area contributed by atoms with E-state index in [-0.39, 0.29) is 30.0 Å². The second-order valence-corrected chi connectivity index (χ2v) is 15.2. The van der Waals surface area contributed by atoms with Crippen LogP contribution in [0.3, 0.4) is 0 Å². The van der Waals surface area contributed by atoms with Crippen LogP contribution in [0, 0.1) is 5.92 Å². The zero-order valence-corrected chi connectivity index (χ0v) is 30.4. The minimum atomic E-state index is -1.25. The van der Waals surface area contributed by atoms with Crippen LogP contribution in [0.5, 0.6) is 0 Å². The van der Waals surface area contributed by atoms with Crippen LogP contribution in [0.2, 0.25) is 0 Å². The molecule has 2 aliphatic heterocycles. The van der Waals surface area contributed by atoms with Crippen molar-refractivity contribution < 1.29 is 28.7 Å². The topological polar surface area (TPSA) is 175 Å². The number of nitrogens with one attached hydrogen (secondary N) is 2. The summed E-state index contributed by atoms with van der Waals surface area (Å²) in [6.07, 6.45) is 11.7. The first kappa shape index (κ1) is 36.5. The Balaban J connectivity index is 1.48. The Morgan fingerprint density at radius 2 is 1.92 bits per heavy atom. The summed E-state index contributed by atoms with van der Waals surface area (Å²) in [7, 11) is 0. The van der Waals surface area contributed by atoms with Crippen LogP contribution >= 0.6 is 27.7 Å². The molecule has 2 aromatic heterocycles. The highest BCUT2D eigenvalue weighted by Crippen LogP contribution is 2.46. The first-order chi connectivity index (χ1) is 23.3. The maximum Gasteiger partial charge on any atom is 0.408 e. The molecular formula is C33H42BrN7O7S. The van der Waals surface area contributed by atoms with Gasteiger partial charge in [-0.05, 0) is 87.1 Å². The van der Waals surface area contributed by atoms with Crippen LogP contribution in [0.15, 0.2) is 56.1 Å². The highest BCUT2D eigenvalue weighted by molar-refractivity contribution is 9.10.